The van der Waals surface area contributed by atoms with Gasteiger partial charge in [-0.25, -0.2) is 0 Å². The molecule has 0 spiro atoms. The van der Waals surface area contributed by atoms with Crippen molar-refractivity contribution >= 4 is 19.2 Å². The highest BCUT2D eigenvalue weighted by Crippen LogP contribution is 2.27. The first-order valence-corrected chi connectivity index (χ1v) is 9.54. The topological polar surface area (TPSA) is 52.3 Å². The van der Waals surface area contributed by atoms with Gasteiger partial charge in [0.05, 0.1) is 15.2 Å². The molecule has 0 saturated heterocycles. The Kier molecular flexibility index (Phi) is 5.51. The maximum atomic E-state index is 11.7. The van der Waals surface area contributed by atoms with Gasteiger partial charge in [-0.05, 0) is 6.92 Å². The number of rotatable bonds is 5. The number of hydrogen-bond acceptors (Lipinski definition) is 3. The van der Waals surface area contributed by atoms with Gasteiger partial charge in [0.1, 0.15) is 6.04 Å². The molecule has 0 amide bonds. The first kappa shape index (κ1) is 15.7. The normalized spacial score (nSPS) is 15.2. The summed E-state index contributed by atoms with van der Waals surface area (Å²) in [7, 11) is -0.504. The number of carbonyl (C=O) groups is 1. The largest absolute Gasteiger partial charge is 0.468 e. The van der Waals surface area contributed by atoms with Crippen LogP contribution in [0.5, 0.6) is 0 Å². The van der Waals surface area contributed by atoms with E-state index in [2.05, 4.69) is 25.2 Å². The first-order chi connectivity index (χ1) is 8.95. The molecule has 0 aliphatic rings. The van der Waals surface area contributed by atoms with Crippen molar-refractivity contribution in [3.63, 3.8) is 0 Å². The van der Waals surface area contributed by atoms with Crippen molar-refractivity contribution in [2.24, 2.45) is 5.73 Å². The monoisotopic (exact) mass is 277 g/mol. The summed E-state index contributed by atoms with van der Waals surface area (Å²) in [6, 6.07) is 9.68. The molecule has 104 valence electrons. The molecule has 0 unspecified atom stereocenters. The van der Waals surface area contributed by atoms with E-state index in [4.69, 9.17) is 10.5 Å². The molecule has 0 aliphatic heterocycles. The van der Waals surface area contributed by atoms with Crippen molar-refractivity contribution in [2.45, 2.75) is 31.6 Å². The molecule has 1 rings (SSSR count). The summed E-state index contributed by atoms with van der Waals surface area (Å²) in [5.74, 6) is -0.348. The van der Waals surface area contributed by atoms with Crippen molar-refractivity contribution < 1.29 is 9.53 Å². The van der Waals surface area contributed by atoms with Gasteiger partial charge >= 0.3 is 5.97 Å². The minimum absolute atomic E-state index is 0.0207. The molecule has 0 aromatic heterocycles. The summed E-state index contributed by atoms with van der Waals surface area (Å²) in [5, 5.41) is 1.29. The number of ether oxygens (including phenoxy) is 1. The number of methoxy groups -OCH3 is 1. The Hall–Kier alpha value is -1.39. The first-order valence-electron chi connectivity index (χ1n) is 6.47. The molecular weight excluding hydrogens is 254 g/mol. The van der Waals surface area contributed by atoms with Crippen molar-refractivity contribution in [3.8, 4) is 0 Å². The van der Waals surface area contributed by atoms with Gasteiger partial charge in [0.15, 0.2) is 0 Å². The van der Waals surface area contributed by atoms with Gasteiger partial charge in [-0.3, -0.25) is 4.79 Å². The van der Waals surface area contributed by atoms with Gasteiger partial charge in [0, 0.05) is 5.54 Å². The summed E-state index contributed by atoms with van der Waals surface area (Å²) in [6.07, 6.45) is 4.01. The number of hydrogen-bond donors (Lipinski definition) is 1. The lowest BCUT2D eigenvalue weighted by molar-refractivity contribution is -0.142. The molecule has 2 N–H and O–H groups in total. The SMILES string of the molecule is C/C=C/[C@H]([C@H](N)C(=O)OC)[Si](C)(C)c1ccccc1. The minimum Gasteiger partial charge on any atom is -0.468 e. The Morgan fingerprint density at radius 3 is 2.37 bits per heavy atom. The zero-order valence-corrected chi connectivity index (χ0v) is 13.1. The van der Waals surface area contributed by atoms with Crippen LogP contribution in [-0.2, 0) is 9.53 Å². The van der Waals surface area contributed by atoms with Crippen molar-refractivity contribution in [1.82, 2.24) is 0 Å². The summed E-state index contributed by atoms with van der Waals surface area (Å²) < 4.78 is 4.79. The predicted octanol–water partition coefficient (Wildman–Crippen LogP) is 2.05. The van der Waals surface area contributed by atoms with Crippen LogP contribution >= 0.6 is 0 Å². The zero-order chi connectivity index (χ0) is 14.5. The summed E-state index contributed by atoms with van der Waals surface area (Å²) >= 11 is 0. The third kappa shape index (κ3) is 3.55. The number of allylic oxidation sites excluding steroid dienone is 1. The lowest BCUT2D eigenvalue weighted by Gasteiger charge is -2.33. The lowest BCUT2D eigenvalue weighted by atomic mass is 10.2. The quantitative estimate of drug-likeness (QED) is 0.509. The van der Waals surface area contributed by atoms with Gasteiger partial charge in [-0.2, -0.15) is 0 Å². The van der Waals surface area contributed by atoms with Crippen LogP contribution in [0.25, 0.3) is 0 Å². The van der Waals surface area contributed by atoms with Crippen LogP contribution in [0, 0.1) is 0 Å². The molecule has 1 aromatic carbocycles. The Bertz CT molecular complexity index is 443. The highest BCUT2D eigenvalue weighted by Gasteiger charge is 2.39. The highest BCUT2D eigenvalue weighted by molar-refractivity contribution is 6.91. The summed E-state index contributed by atoms with van der Waals surface area (Å²) in [4.78, 5) is 11.7. The molecule has 0 bridgehead atoms. The van der Waals surface area contributed by atoms with E-state index in [9.17, 15) is 4.79 Å². The van der Waals surface area contributed by atoms with E-state index in [1.165, 1.54) is 12.3 Å². The molecular formula is C15H23NO2Si. The van der Waals surface area contributed by atoms with Crippen molar-refractivity contribution in [3.05, 3.63) is 42.5 Å². The molecule has 1 aromatic rings. The molecule has 0 aliphatic carbocycles. The molecule has 0 heterocycles. The smallest absolute Gasteiger partial charge is 0.322 e. The fourth-order valence-electron chi connectivity index (χ4n) is 2.36. The van der Waals surface area contributed by atoms with Gasteiger partial charge in [-0.1, -0.05) is 60.8 Å². The van der Waals surface area contributed by atoms with Crippen LogP contribution in [-0.4, -0.2) is 27.2 Å². The van der Waals surface area contributed by atoms with E-state index >= 15 is 0 Å². The lowest BCUT2D eigenvalue weighted by Crippen LogP contribution is -2.53. The number of nitrogens with two attached hydrogens (primary N) is 1. The Labute approximate surface area is 116 Å². The highest BCUT2D eigenvalue weighted by atomic mass is 28.3. The van der Waals surface area contributed by atoms with E-state index in [0.29, 0.717) is 0 Å². The van der Waals surface area contributed by atoms with E-state index < -0.39 is 14.1 Å². The van der Waals surface area contributed by atoms with E-state index in [0.717, 1.165) is 0 Å². The second-order valence-electron chi connectivity index (χ2n) is 5.19. The minimum atomic E-state index is -1.88. The van der Waals surface area contributed by atoms with Crippen LogP contribution in [0.3, 0.4) is 0 Å². The van der Waals surface area contributed by atoms with E-state index in [1.807, 2.05) is 37.3 Å². The third-order valence-electron chi connectivity index (χ3n) is 3.61. The standard InChI is InChI=1S/C15H23NO2Si/c1-5-9-13(14(16)15(17)18-2)19(3,4)12-10-7-6-8-11-12/h5-11,13-14H,16H2,1-4H3/b9-5+/t13-,14+/m1/s1. The van der Waals surface area contributed by atoms with Crippen LogP contribution in [0.4, 0.5) is 0 Å². The fraction of sp³-hybridized carbons (Fsp3) is 0.400. The van der Waals surface area contributed by atoms with Crippen LogP contribution < -0.4 is 10.9 Å². The molecule has 3 nitrogen and oxygen atoms in total. The van der Waals surface area contributed by atoms with Crippen LogP contribution in [0.2, 0.25) is 18.6 Å². The zero-order valence-electron chi connectivity index (χ0n) is 12.1. The maximum absolute atomic E-state index is 11.7. The summed E-state index contributed by atoms with van der Waals surface area (Å²) in [5.41, 5.74) is 6.11. The molecule has 0 radical (unpaired) electrons. The van der Waals surface area contributed by atoms with Crippen molar-refractivity contribution in [1.29, 1.82) is 0 Å². The average molecular weight is 277 g/mol. The summed E-state index contributed by atoms with van der Waals surface area (Å²) in [6.45, 7) is 6.41. The number of esters is 1. The second-order valence-corrected chi connectivity index (χ2v) is 9.88. The maximum Gasteiger partial charge on any atom is 0.322 e. The number of benzene rings is 1. The van der Waals surface area contributed by atoms with Crippen LogP contribution in [0.1, 0.15) is 6.92 Å². The molecule has 19 heavy (non-hydrogen) atoms. The number of carbonyl (C=O) groups excluding carboxylic acids is 1. The third-order valence-corrected chi connectivity index (χ3v) is 7.65. The van der Waals surface area contributed by atoms with Gasteiger partial charge < -0.3 is 10.5 Å². The second kappa shape index (κ2) is 6.68. The molecule has 0 saturated carbocycles. The average Bonchev–Trinajstić information content (AvgIpc) is 2.43. The Balaban J connectivity index is 3.14. The van der Waals surface area contributed by atoms with Gasteiger partial charge in [-0.15, -0.1) is 0 Å². The molecule has 4 heteroatoms. The Morgan fingerprint density at radius 1 is 1.32 bits per heavy atom. The fourth-order valence-corrected chi connectivity index (χ4v) is 5.50. The van der Waals surface area contributed by atoms with Crippen LogP contribution in [0.15, 0.2) is 42.5 Å². The molecule has 0 fully saturated rings. The van der Waals surface area contributed by atoms with E-state index in [1.54, 1.807) is 0 Å². The Morgan fingerprint density at radius 2 is 1.89 bits per heavy atom. The van der Waals surface area contributed by atoms with Gasteiger partial charge in [0.25, 0.3) is 0 Å². The van der Waals surface area contributed by atoms with Gasteiger partial charge in [0.2, 0.25) is 0 Å². The molecule has 2 atom stereocenters. The van der Waals surface area contributed by atoms with E-state index in [-0.39, 0.29) is 11.5 Å². The predicted molar refractivity (Wildman–Crippen MR) is 82.1 cm³/mol. The van der Waals surface area contributed by atoms with Crippen molar-refractivity contribution in [2.75, 3.05) is 7.11 Å².